The van der Waals surface area contributed by atoms with Gasteiger partial charge in [0.2, 0.25) is 0 Å². The number of carboxylic acids is 1. The predicted octanol–water partition coefficient (Wildman–Crippen LogP) is 1.66. The second kappa shape index (κ2) is 3.30. The Bertz CT molecular complexity index is 377. The van der Waals surface area contributed by atoms with Gasteiger partial charge in [-0.1, -0.05) is 0 Å². The SMILES string of the molecule is N=Cc1cc(F)c(F)cc1C(=O)O. The summed E-state index contributed by atoms with van der Waals surface area (Å²) in [6, 6.07) is 1.23. The fourth-order valence-corrected chi connectivity index (χ4v) is 0.867. The lowest BCUT2D eigenvalue weighted by Crippen LogP contribution is -2.04. The summed E-state index contributed by atoms with van der Waals surface area (Å²) in [5.41, 5.74) is -0.583. The lowest BCUT2D eigenvalue weighted by molar-refractivity contribution is 0.0696. The van der Waals surface area contributed by atoms with Gasteiger partial charge in [0.1, 0.15) is 0 Å². The number of halogens is 2. The Balaban J connectivity index is 3.41. The third-order valence-electron chi connectivity index (χ3n) is 1.48. The van der Waals surface area contributed by atoms with Crippen LogP contribution >= 0.6 is 0 Å². The molecule has 0 radical (unpaired) electrons. The number of carboxylic acid groups (broad SMARTS) is 1. The number of rotatable bonds is 2. The van der Waals surface area contributed by atoms with Crippen LogP contribution in [-0.2, 0) is 0 Å². The predicted molar refractivity (Wildman–Crippen MR) is 41.2 cm³/mol. The maximum absolute atomic E-state index is 12.5. The van der Waals surface area contributed by atoms with Gasteiger partial charge < -0.3 is 10.5 Å². The van der Waals surface area contributed by atoms with Crippen LogP contribution in [0.5, 0.6) is 0 Å². The van der Waals surface area contributed by atoms with E-state index in [9.17, 15) is 13.6 Å². The van der Waals surface area contributed by atoms with E-state index in [2.05, 4.69) is 0 Å². The van der Waals surface area contributed by atoms with Crippen LogP contribution in [-0.4, -0.2) is 17.3 Å². The molecule has 13 heavy (non-hydrogen) atoms. The summed E-state index contributed by atoms with van der Waals surface area (Å²) < 4.78 is 25.1. The van der Waals surface area contributed by atoms with Crippen LogP contribution in [0.1, 0.15) is 15.9 Å². The number of carbonyl (C=O) groups is 1. The quantitative estimate of drug-likeness (QED) is 0.688. The van der Waals surface area contributed by atoms with E-state index in [1.807, 2.05) is 0 Å². The standard InChI is InChI=1S/C8H5F2NO2/c9-6-1-4(3-11)5(8(12)13)2-7(6)10/h1-3,11H,(H,12,13). The second-order valence-electron chi connectivity index (χ2n) is 2.30. The van der Waals surface area contributed by atoms with Gasteiger partial charge in [-0.2, -0.15) is 0 Å². The molecule has 0 spiro atoms. The van der Waals surface area contributed by atoms with Gasteiger partial charge in [-0.3, -0.25) is 0 Å². The minimum atomic E-state index is -1.39. The van der Waals surface area contributed by atoms with Gasteiger partial charge in [0, 0.05) is 11.8 Å². The van der Waals surface area contributed by atoms with Gasteiger partial charge in [0.15, 0.2) is 11.6 Å². The molecule has 0 aliphatic carbocycles. The van der Waals surface area contributed by atoms with Crippen molar-refractivity contribution in [3.63, 3.8) is 0 Å². The molecule has 5 heteroatoms. The number of nitrogens with one attached hydrogen (secondary N) is 1. The molecule has 0 amide bonds. The van der Waals surface area contributed by atoms with E-state index in [0.717, 1.165) is 0 Å². The summed E-state index contributed by atoms with van der Waals surface area (Å²) >= 11 is 0. The van der Waals surface area contributed by atoms with Crippen molar-refractivity contribution in [3.8, 4) is 0 Å². The van der Waals surface area contributed by atoms with Crippen molar-refractivity contribution < 1.29 is 18.7 Å². The molecular formula is C8H5F2NO2. The highest BCUT2D eigenvalue weighted by molar-refractivity contribution is 5.97. The second-order valence-corrected chi connectivity index (χ2v) is 2.30. The van der Waals surface area contributed by atoms with Crippen molar-refractivity contribution >= 4 is 12.2 Å². The van der Waals surface area contributed by atoms with Crippen LogP contribution in [0.15, 0.2) is 12.1 Å². The Labute approximate surface area is 72.1 Å². The first-order valence-electron chi connectivity index (χ1n) is 3.29. The summed E-state index contributed by atoms with van der Waals surface area (Å²) in [5.74, 6) is -3.79. The fourth-order valence-electron chi connectivity index (χ4n) is 0.867. The normalized spacial score (nSPS) is 9.69. The minimum Gasteiger partial charge on any atom is -0.478 e. The molecule has 0 heterocycles. The first kappa shape index (κ1) is 9.31. The number of aromatic carboxylic acids is 1. The first-order chi connectivity index (χ1) is 6.06. The number of hydrogen-bond donors (Lipinski definition) is 2. The third kappa shape index (κ3) is 1.69. The van der Waals surface area contributed by atoms with E-state index in [1.54, 1.807) is 0 Å². The average molecular weight is 185 g/mol. The molecule has 0 fully saturated rings. The largest absolute Gasteiger partial charge is 0.478 e. The zero-order valence-electron chi connectivity index (χ0n) is 6.34. The monoisotopic (exact) mass is 185 g/mol. The van der Waals surface area contributed by atoms with E-state index >= 15 is 0 Å². The van der Waals surface area contributed by atoms with Gasteiger partial charge in [-0.15, -0.1) is 0 Å². The number of benzene rings is 1. The molecular weight excluding hydrogens is 180 g/mol. The molecule has 0 aliphatic heterocycles. The van der Waals surface area contributed by atoms with Gasteiger partial charge in [0.25, 0.3) is 0 Å². The Kier molecular flexibility index (Phi) is 2.36. The lowest BCUT2D eigenvalue weighted by atomic mass is 10.1. The maximum atomic E-state index is 12.5. The molecule has 1 aromatic carbocycles. The highest BCUT2D eigenvalue weighted by Gasteiger charge is 2.13. The zero-order chi connectivity index (χ0) is 10.0. The van der Waals surface area contributed by atoms with Gasteiger partial charge >= 0.3 is 5.97 Å². The molecule has 0 aromatic heterocycles. The Hall–Kier alpha value is -1.78. The molecule has 68 valence electrons. The van der Waals surface area contributed by atoms with E-state index in [4.69, 9.17) is 10.5 Å². The van der Waals surface area contributed by atoms with Crippen molar-refractivity contribution in [1.82, 2.24) is 0 Å². The van der Waals surface area contributed by atoms with Crippen LogP contribution in [0.3, 0.4) is 0 Å². The Morgan fingerprint density at radius 1 is 1.38 bits per heavy atom. The van der Waals surface area contributed by atoms with Crippen LogP contribution in [0.25, 0.3) is 0 Å². The van der Waals surface area contributed by atoms with Crippen LogP contribution in [0.4, 0.5) is 8.78 Å². The molecule has 3 nitrogen and oxygen atoms in total. The van der Waals surface area contributed by atoms with Gasteiger partial charge in [0.05, 0.1) is 5.56 Å². The summed E-state index contributed by atoms with van der Waals surface area (Å²) in [7, 11) is 0. The molecule has 0 bridgehead atoms. The highest BCUT2D eigenvalue weighted by Crippen LogP contribution is 2.13. The number of hydrogen-bond acceptors (Lipinski definition) is 2. The van der Waals surface area contributed by atoms with Crippen molar-refractivity contribution in [2.75, 3.05) is 0 Å². The maximum Gasteiger partial charge on any atom is 0.336 e. The molecule has 0 saturated carbocycles. The smallest absolute Gasteiger partial charge is 0.336 e. The summed E-state index contributed by atoms with van der Waals surface area (Å²) in [6.07, 6.45) is 0.659. The highest BCUT2D eigenvalue weighted by atomic mass is 19.2. The minimum absolute atomic E-state index is 0.161. The van der Waals surface area contributed by atoms with Gasteiger partial charge in [-0.25, -0.2) is 13.6 Å². The van der Waals surface area contributed by atoms with Crippen molar-refractivity contribution in [1.29, 1.82) is 5.41 Å². The van der Waals surface area contributed by atoms with Crippen molar-refractivity contribution in [2.45, 2.75) is 0 Å². The van der Waals surface area contributed by atoms with E-state index in [-0.39, 0.29) is 5.56 Å². The Morgan fingerprint density at radius 2 is 1.92 bits per heavy atom. The molecule has 0 saturated heterocycles. The van der Waals surface area contributed by atoms with Crippen LogP contribution in [0.2, 0.25) is 0 Å². The summed E-state index contributed by atoms with van der Waals surface area (Å²) in [4.78, 5) is 10.5. The van der Waals surface area contributed by atoms with E-state index in [1.165, 1.54) is 0 Å². The molecule has 0 unspecified atom stereocenters. The van der Waals surface area contributed by atoms with Crippen LogP contribution in [0, 0.1) is 17.0 Å². The van der Waals surface area contributed by atoms with Crippen LogP contribution < -0.4 is 0 Å². The fraction of sp³-hybridized carbons (Fsp3) is 0. The third-order valence-corrected chi connectivity index (χ3v) is 1.48. The zero-order valence-corrected chi connectivity index (χ0v) is 6.34. The van der Waals surface area contributed by atoms with Crippen molar-refractivity contribution in [2.24, 2.45) is 0 Å². The molecule has 0 aliphatic rings. The summed E-state index contributed by atoms with van der Waals surface area (Å²) in [6.45, 7) is 0. The van der Waals surface area contributed by atoms with Crippen molar-refractivity contribution in [3.05, 3.63) is 34.9 Å². The topological polar surface area (TPSA) is 61.2 Å². The lowest BCUT2D eigenvalue weighted by Gasteiger charge is -2.00. The van der Waals surface area contributed by atoms with E-state index in [0.29, 0.717) is 18.3 Å². The molecule has 1 rings (SSSR count). The first-order valence-corrected chi connectivity index (χ1v) is 3.29. The Morgan fingerprint density at radius 3 is 2.38 bits per heavy atom. The average Bonchev–Trinajstić information content (AvgIpc) is 2.08. The van der Waals surface area contributed by atoms with Gasteiger partial charge in [-0.05, 0) is 12.1 Å². The molecule has 0 atom stereocenters. The summed E-state index contributed by atoms with van der Waals surface area (Å²) in [5, 5.41) is 15.3. The molecule has 2 N–H and O–H groups in total. The molecule has 1 aromatic rings. The van der Waals surface area contributed by atoms with E-state index < -0.39 is 23.2 Å².